The molecular weight excluding hydrogens is 197 g/mol. The molecule has 10 heavy (non-hydrogen) atoms. The van der Waals surface area contributed by atoms with E-state index < -0.39 is 0 Å². The number of aryl methyl sites for hydroxylation is 1. The summed E-state index contributed by atoms with van der Waals surface area (Å²) in [6.07, 6.45) is 0. The third-order valence-corrected chi connectivity index (χ3v) is 0.885. The summed E-state index contributed by atoms with van der Waals surface area (Å²) in [4.78, 5) is 0. The van der Waals surface area contributed by atoms with Crippen molar-refractivity contribution in [3.8, 4) is 0 Å². The van der Waals surface area contributed by atoms with Gasteiger partial charge in [0.2, 0.25) is 0 Å². The maximum atomic E-state index is 4.25. The Labute approximate surface area is 88.2 Å². The molecule has 1 radical (unpaired) electrons. The number of rotatable bonds is 0. The van der Waals surface area contributed by atoms with Crippen molar-refractivity contribution in [2.45, 2.75) is 6.92 Å². The predicted octanol–water partition coefficient (Wildman–Crippen LogP) is 2.40. The fraction of sp³-hybridized carbons (Fsp3) is 0.111. The van der Waals surface area contributed by atoms with Crippen LogP contribution in [-0.2, 0) is 32.7 Å². The van der Waals surface area contributed by atoms with Crippen molar-refractivity contribution in [3.05, 3.63) is 49.1 Å². The number of hydrogen-bond donors (Lipinski definition) is 0. The Balaban J connectivity index is 0. The second-order valence-electron chi connectivity index (χ2n) is 1.58. The van der Waals surface area contributed by atoms with Gasteiger partial charge in [0.15, 0.2) is 0 Å². The summed E-state index contributed by atoms with van der Waals surface area (Å²) in [5.74, 6) is 0. The van der Waals surface area contributed by atoms with Crippen LogP contribution in [0.4, 0.5) is 0 Å². The number of benzene rings is 1. The summed E-state index contributed by atoms with van der Waals surface area (Å²) in [5, 5.41) is 0. The first-order valence-electron chi connectivity index (χ1n) is 2.73. The third-order valence-electron chi connectivity index (χ3n) is 0.885. The van der Waals surface area contributed by atoms with Gasteiger partial charge < -0.3 is 6.58 Å². The molecule has 1 rings (SSSR count). The van der Waals surface area contributed by atoms with Gasteiger partial charge in [-0.2, -0.15) is 35.9 Å². The van der Waals surface area contributed by atoms with Crippen molar-refractivity contribution >= 4 is 0 Å². The minimum absolute atomic E-state index is 0. The molecule has 0 atom stereocenters. The molecule has 0 aromatic heterocycles. The van der Waals surface area contributed by atoms with Crippen molar-refractivity contribution in [2.75, 3.05) is 0 Å². The molecule has 0 saturated carbocycles. The molecule has 1 aromatic rings. The van der Waals surface area contributed by atoms with Crippen LogP contribution in [0.5, 0.6) is 0 Å². The Morgan fingerprint density at radius 1 is 1.30 bits per heavy atom. The minimum atomic E-state index is 0. The molecule has 0 unspecified atom stereocenters. The SMILES string of the molecule is Cc1cc[c-]cc1.[CH-]=C.[Y]. The first-order chi connectivity index (χ1) is 4.39. The molecule has 0 nitrogen and oxygen atoms in total. The quantitative estimate of drug-likeness (QED) is 0.573. The van der Waals surface area contributed by atoms with Gasteiger partial charge in [-0.05, 0) is 0 Å². The molecule has 1 heteroatoms. The molecule has 0 saturated heterocycles. The van der Waals surface area contributed by atoms with Gasteiger partial charge in [-0.1, -0.05) is 6.92 Å². The van der Waals surface area contributed by atoms with E-state index in [4.69, 9.17) is 0 Å². The van der Waals surface area contributed by atoms with E-state index in [1.54, 1.807) is 0 Å². The molecule has 0 amide bonds. The molecule has 1 aromatic carbocycles. The van der Waals surface area contributed by atoms with Gasteiger partial charge in [0.1, 0.15) is 0 Å². The van der Waals surface area contributed by atoms with E-state index in [0.29, 0.717) is 0 Å². The van der Waals surface area contributed by atoms with Crippen molar-refractivity contribution in [2.24, 2.45) is 0 Å². The standard InChI is InChI=1S/C7H7.C2H3.Y/c1-7-5-3-2-4-6-7;1-2;/h3-6H,1H3;1H,2H2;/q2*-1;. The zero-order valence-electron chi connectivity index (χ0n) is 6.17. The van der Waals surface area contributed by atoms with Gasteiger partial charge in [0, 0.05) is 32.7 Å². The second-order valence-corrected chi connectivity index (χ2v) is 1.58. The summed E-state index contributed by atoms with van der Waals surface area (Å²) < 4.78 is 0. The summed E-state index contributed by atoms with van der Waals surface area (Å²) in [5.41, 5.74) is 1.29. The second kappa shape index (κ2) is 9.06. The molecule has 51 valence electrons. The van der Waals surface area contributed by atoms with Crippen molar-refractivity contribution in [3.63, 3.8) is 0 Å². The molecular formula is C9H10Y-2. The van der Waals surface area contributed by atoms with E-state index >= 15 is 0 Å². The van der Waals surface area contributed by atoms with Gasteiger partial charge in [-0.15, -0.1) is 0 Å². The van der Waals surface area contributed by atoms with E-state index in [2.05, 4.69) is 26.1 Å². The van der Waals surface area contributed by atoms with Crippen LogP contribution in [0.2, 0.25) is 0 Å². The first-order valence-corrected chi connectivity index (χ1v) is 2.73. The molecule has 0 N–H and O–H groups in total. The zero-order valence-corrected chi connectivity index (χ0v) is 9.01. The Bertz CT molecular complexity index is 146. The van der Waals surface area contributed by atoms with E-state index in [0.717, 1.165) is 0 Å². The Hall–Kier alpha value is 0.0639. The van der Waals surface area contributed by atoms with Gasteiger partial charge in [-0.3, -0.25) is 6.58 Å². The molecule has 0 spiro atoms. The van der Waals surface area contributed by atoms with Gasteiger partial charge in [-0.25, -0.2) is 0 Å². The summed E-state index contributed by atoms with van der Waals surface area (Å²) >= 11 is 0. The normalized spacial score (nSPS) is 6.50. The van der Waals surface area contributed by atoms with Crippen LogP contribution in [0.1, 0.15) is 5.56 Å². The van der Waals surface area contributed by atoms with Crippen LogP contribution in [0.3, 0.4) is 0 Å². The fourth-order valence-corrected chi connectivity index (χ4v) is 0.470. The summed E-state index contributed by atoms with van der Waals surface area (Å²) in [7, 11) is 0. The average molecular weight is 207 g/mol. The van der Waals surface area contributed by atoms with Crippen LogP contribution in [0, 0.1) is 19.6 Å². The van der Waals surface area contributed by atoms with Crippen LogP contribution in [0.15, 0.2) is 30.8 Å². The van der Waals surface area contributed by atoms with Gasteiger partial charge >= 0.3 is 0 Å². The first kappa shape index (κ1) is 12.7. The minimum Gasteiger partial charge on any atom is -0.521 e. The third kappa shape index (κ3) is 6.19. The maximum Gasteiger partial charge on any atom is 0 e. The van der Waals surface area contributed by atoms with Crippen molar-refractivity contribution in [1.82, 2.24) is 0 Å². The molecule has 0 aliphatic carbocycles. The van der Waals surface area contributed by atoms with E-state index in [1.165, 1.54) is 5.56 Å². The maximum absolute atomic E-state index is 4.25. The average Bonchev–Trinajstić information content (AvgIpc) is 1.94. The van der Waals surface area contributed by atoms with Crippen molar-refractivity contribution < 1.29 is 32.7 Å². The van der Waals surface area contributed by atoms with Gasteiger partial charge in [0.25, 0.3) is 0 Å². The van der Waals surface area contributed by atoms with E-state index in [1.807, 2.05) is 24.3 Å². The van der Waals surface area contributed by atoms with Crippen molar-refractivity contribution in [1.29, 1.82) is 0 Å². The Kier molecular flexibility index (Phi) is 11.5. The van der Waals surface area contributed by atoms with Gasteiger partial charge in [0.05, 0.1) is 0 Å². The van der Waals surface area contributed by atoms with Crippen LogP contribution < -0.4 is 0 Å². The molecule has 0 heterocycles. The number of hydrogen-bond acceptors (Lipinski definition) is 0. The largest absolute Gasteiger partial charge is 0.521 e. The Morgan fingerprint density at radius 3 is 1.90 bits per heavy atom. The van der Waals surface area contributed by atoms with E-state index in [9.17, 15) is 0 Å². The monoisotopic (exact) mass is 207 g/mol. The smallest absolute Gasteiger partial charge is 0 e. The summed E-state index contributed by atoms with van der Waals surface area (Å²) in [6.45, 7) is 9.06. The summed E-state index contributed by atoms with van der Waals surface area (Å²) in [6, 6.07) is 10.8. The van der Waals surface area contributed by atoms with Crippen LogP contribution >= 0.6 is 0 Å². The fourth-order valence-electron chi connectivity index (χ4n) is 0.470. The Morgan fingerprint density at radius 2 is 1.70 bits per heavy atom. The predicted molar refractivity (Wildman–Crippen MR) is 39.9 cm³/mol. The van der Waals surface area contributed by atoms with Crippen LogP contribution in [0.25, 0.3) is 0 Å². The van der Waals surface area contributed by atoms with E-state index in [-0.39, 0.29) is 32.7 Å². The molecule has 0 aliphatic heterocycles. The zero-order chi connectivity index (χ0) is 7.11. The molecule has 0 fully saturated rings. The van der Waals surface area contributed by atoms with Crippen LogP contribution in [-0.4, -0.2) is 0 Å². The topological polar surface area (TPSA) is 0 Å². The molecule has 0 bridgehead atoms. The molecule has 0 aliphatic rings.